The number of carboxylic acids is 1. The van der Waals surface area contributed by atoms with Crippen LogP contribution in [0.3, 0.4) is 0 Å². The number of thiophene rings is 1. The molecule has 11 nitrogen and oxygen atoms in total. The zero-order chi connectivity index (χ0) is 33.6. The summed E-state index contributed by atoms with van der Waals surface area (Å²) >= 11 is 1.38. The Morgan fingerprint density at radius 1 is 0.979 bits per heavy atom. The lowest BCUT2D eigenvalue weighted by molar-refractivity contribution is -0.139. The Hall–Kier alpha value is -4.72. The molecule has 0 saturated carbocycles. The number of nitrogens with zero attached hydrogens (tertiary/aromatic N) is 1. The highest BCUT2D eigenvalue weighted by molar-refractivity contribution is 7.89. The average molecular weight is 677 g/mol. The van der Waals surface area contributed by atoms with Gasteiger partial charge in [0.05, 0.1) is 30.2 Å². The van der Waals surface area contributed by atoms with E-state index in [-0.39, 0.29) is 29.7 Å². The standard InChI is InChI=1S/C34H36N4O7S2/c1-22-9-6-7-12-26(22)35-34(42)36-27-16-14-23(19-30(27)45-2)20-32(39)38-18-8-13-29(38)31-17-15-24(46-31)21-28(33(40)41)37-47(43,44)25-10-4-3-5-11-25/h3-7,9-12,14-17,19,28-29,37H,8,13,18,20-21H2,1-2H3,(H,40,41)(H2,35,36,42). The number of hydrogen-bond donors (Lipinski definition) is 4. The molecule has 3 aromatic carbocycles. The fourth-order valence-electron chi connectivity index (χ4n) is 5.49. The molecule has 0 bridgehead atoms. The van der Waals surface area contributed by atoms with Gasteiger partial charge < -0.3 is 25.4 Å². The van der Waals surface area contributed by atoms with Gasteiger partial charge in [-0.05, 0) is 73.4 Å². The van der Waals surface area contributed by atoms with E-state index >= 15 is 0 Å². The minimum absolute atomic E-state index is 0.00891. The first-order valence-electron chi connectivity index (χ1n) is 15.0. The van der Waals surface area contributed by atoms with E-state index in [0.29, 0.717) is 28.5 Å². The molecule has 1 saturated heterocycles. The van der Waals surface area contributed by atoms with Gasteiger partial charge in [0.15, 0.2) is 0 Å². The maximum Gasteiger partial charge on any atom is 0.323 e. The molecule has 4 N–H and O–H groups in total. The van der Waals surface area contributed by atoms with Crippen LogP contribution in [0.4, 0.5) is 16.2 Å². The van der Waals surface area contributed by atoms with Crippen LogP contribution < -0.4 is 20.1 Å². The number of rotatable bonds is 12. The summed E-state index contributed by atoms with van der Waals surface area (Å²) in [4.78, 5) is 41.6. The van der Waals surface area contributed by atoms with Crippen molar-refractivity contribution in [3.8, 4) is 5.75 Å². The molecule has 1 fully saturated rings. The first-order valence-corrected chi connectivity index (χ1v) is 17.3. The fraction of sp³-hybridized carbons (Fsp3) is 0.265. The van der Waals surface area contributed by atoms with Crippen molar-refractivity contribution in [1.82, 2.24) is 9.62 Å². The number of sulfonamides is 1. The number of para-hydroxylation sites is 1. The number of amides is 3. The number of nitrogens with one attached hydrogen (secondary N) is 3. The molecule has 4 aromatic rings. The van der Waals surface area contributed by atoms with Crippen molar-refractivity contribution in [2.45, 2.75) is 49.6 Å². The van der Waals surface area contributed by atoms with E-state index in [2.05, 4.69) is 15.4 Å². The molecule has 2 unspecified atom stereocenters. The Labute approximate surface area is 277 Å². The largest absolute Gasteiger partial charge is 0.495 e. The highest BCUT2D eigenvalue weighted by atomic mass is 32.2. The van der Waals surface area contributed by atoms with Gasteiger partial charge in [-0.2, -0.15) is 4.72 Å². The fourth-order valence-corrected chi connectivity index (χ4v) is 7.91. The third-order valence-corrected chi connectivity index (χ3v) is 10.6. The molecule has 47 heavy (non-hydrogen) atoms. The molecule has 0 radical (unpaired) electrons. The second-order valence-electron chi connectivity index (χ2n) is 11.2. The van der Waals surface area contributed by atoms with E-state index < -0.39 is 28.1 Å². The Morgan fingerprint density at radius 3 is 2.43 bits per heavy atom. The lowest BCUT2D eigenvalue weighted by Crippen LogP contribution is -2.42. The van der Waals surface area contributed by atoms with Crippen molar-refractivity contribution < 1.29 is 32.6 Å². The molecule has 1 aliphatic rings. The lowest BCUT2D eigenvalue weighted by Gasteiger charge is -2.24. The number of carboxylic acid groups (broad SMARTS) is 1. The van der Waals surface area contributed by atoms with Crippen LogP contribution >= 0.6 is 11.3 Å². The number of likely N-dealkylation sites (tertiary alicyclic amines) is 1. The van der Waals surface area contributed by atoms with Crippen LogP contribution in [0.2, 0.25) is 0 Å². The van der Waals surface area contributed by atoms with Crippen LogP contribution in [-0.4, -0.2) is 56.0 Å². The first kappa shape index (κ1) is 33.6. The van der Waals surface area contributed by atoms with Gasteiger partial charge in [0, 0.05) is 28.4 Å². The van der Waals surface area contributed by atoms with Gasteiger partial charge in [0.2, 0.25) is 15.9 Å². The maximum atomic E-state index is 13.5. The number of aryl methyl sites for hydroxylation is 1. The molecular weight excluding hydrogens is 641 g/mol. The van der Waals surface area contributed by atoms with E-state index in [4.69, 9.17) is 4.74 Å². The van der Waals surface area contributed by atoms with Crippen LogP contribution in [0.25, 0.3) is 0 Å². The number of aliphatic carboxylic acids is 1. The summed E-state index contributed by atoms with van der Waals surface area (Å²) in [5.41, 5.74) is 2.81. The molecule has 246 valence electrons. The number of ether oxygens (including phenoxy) is 1. The third-order valence-electron chi connectivity index (χ3n) is 7.90. The van der Waals surface area contributed by atoms with Gasteiger partial charge in [-0.25, -0.2) is 13.2 Å². The van der Waals surface area contributed by atoms with Crippen LogP contribution in [0.1, 0.15) is 39.8 Å². The van der Waals surface area contributed by atoms with Gasteiger partial charge in [-0.1, -0.05) is 42.5 Å². The summed E-state index contributed by atoms with van der Waals surface area (Å²) in [6.07, 6.45) is 1.68. The summed E-state index contributed by atoms with van der Waals surface area (Å²) in [6.45, 7) is 2.49. The molecule has 1 aliphatic heterocycles. The first-order chi connectivity index (χ1) is 22.5. The van der Waals surface area contributed by atoms with Crippen molar-refractivity contribution in [3.63, 3.8) is 0 Å². The molecule has 3 amide bonds. The number of carbonyl (C=O) groups is 3. The van der Waals surface area contributed by atoms with Crippen molar-refractivity contribution in [1.29, 1.82) is 0 Å². The highest BCUT2D eigenvalue weighted by Crippen LogP contribution is 2.37. The topological polar surface area (TPSA) is 154 Å². The molecule has 1 aromatic heterocycles. The van der Waals surface area contributed by atoms with E-state index in [0.717, 1.165) is 28.8 Å². The summed E-state index contributed by atoms with van der Waals surface area (Å²) < 4.78 is 33.3. The SMILES string of the molecule is COc1cc(CC(=O)N2CCCC2c2ccc(CC(NS(=O)(=O)c3ccccc3)C(=O)O)s2)ccc1NC(=O)Nc1ccccc1C. The summed E-state index contributed by atoms with van der Waals surface area (Å²) in [5.74, 6) is -0.922. The third kappa shape index (κ3) is 8.36. The van der Waals surface area contributed by atoms with Gasteiger partial charge in [-0.15, -0.1) is 11.3 Å². The lowest BCUT2D eigenvalue weighted by atomic mass is 10.1. The van der Waals surface area contributed by atoms with E-state index in [1.807, 2.05) is 42.2 Å². The molecule has 5 rings (SSSR count). The van der Waals surface area contributed by atoms with E-state index in [1.54, 1.807) is 42.5 Å². The number of benzene rings is 3. The highest BCUT2D eigenvalue weighted by Gasteiger charge is 2.32. The second-order valence-corrected chi connectivity index (χ2v) is 14.1. The zero-order valence-corrected chi connectivity index (χ0v) is 27.6. The molecular formula is C34H36N4O7S2. The molecule has 2 heterocycles. The quantitative estimate of drug-likeness (QED) is 0.153. The summed E-state index contributed by atoms with van der Waals surface area (Å²) in [5, 5.41) is 15.4. The van der Waals surface area contributed by atoms with Crippen molar-refractivity contribution in [3.05, 3.63) is 106 Å². The normalized spacial score (nSPS) is 15.2. The summed E-state index contributed by atoms with van der Waals surface area (Å²) in [6, 6.07) is 22.0. The Balaban J connectivity index is 1.22. The smallest absolute Gasteiger partial charge is 0.323 e. The number of methoxy groups -OCH3 is 1. The van der Waals surface area contributed by atoms with Crippen molar-refractivity contribution in [2.75, 3.05) is 24.3 Å². The van der Waals surface area contributed by atoms with Gasteiger partial charge in [0.1, 0.15) is 11.8 Å². The number of urea groups is 1. The van der Waals surface area contributed by atoms with Gasteiger partial charge >= 0.3 is 12.0 Å². The minimum Gasteiger partial charge on any atom is -0.495 e. The van der Waals surface area contributed by atoms with Gasteiger partial charge in [-0.3, -0.25) is 9.59 Å². The van der Waals surface area contributed by atoms with Crippen molar-refractivity contribution >= 4 is 50.6 Å². The van der Waals surface area contributed by atoms with Crippen LogP contribution in [-0.2, 0) is 32.5 Å². The van der Waals surface area contributed by atoms with Gasteiger partial charge in [0.25, 0.3) is 0 Å². The monoisotopic (exact) mass is 676 g/mol. The summed E-state index contributed by atoms with van der Waals surface area (Å²) in [7, 11) is -2.53. The Morgan fingerprint density at radius 2 is 1.70 bits per heavy atom. The van der Waals surface area contributed by atoms with E-state index in [9.17, 15) is 27.9 Å². The molecule has 0 spiro atoms. The van der Waals surface area contributed by atoms with Crippen molar-refractivity contribution in [2.24, 2.45) is 0 Å². The molecule has 13 heteroatoms. The van der Waals surface area contributed by atoms with Crippen LogP contribution in [0, 0.1) is 6.92 Å². The number of anilines is 2. The number of carbonyl (C=O) groups excluding carboxylic acids is 2. The predicted octanol–water partition coefficient (Wildman–Crippen LogP) is 5.59. The maximum absolute atomic E-state index is 13.5. The molecule has 2 atom stereocenters. The Bertz CT molecular complexity index is 1860. The van der Waals surface area contributed by atoms with Crippen LogP contribution in [0.5, 0.6) is 5.75 Å². The zero-order valence-electron chi connectivity index (χ0n) is 25.9. The van der Waals surface area contributed by atoms with Crippen LogP contribution in [0.15, 0.2) is 89.8 Å². The predicted molar refractivity (Wildman–Crippen MR) is 180 cm³/mol. The second kappa shape index (κ2) is 14.8. The number of hydrogen-bond acceptors (Lipinski definition) is 7. The average Bonchev–Trinajstić information content (AvgIpc) is 3.73. The Kier molecular flexibility index (Phi) is 10.6. The van der Waals surface area contributed by atoms with E-state index in [1.165, 1.54) is 30.6 Å². The minimum atomic E-state index is -4.02. The molecule has 0 aliphatic carbocycles.